The number of nitrogens with zero attached hydrogens (tertiary/aromatic N) is 2. The second kappa shape index (κ2) is 14.7. The van der Waals surface area contributed by atoms with Gasteiger partial charge in [0, 0.05) is 32.5 Å². The van der Waals surface area contributed by atoms with E-state index in [1.54, 1.807) is 12.1 Å². The Morgan fingerprint density at radius 3 is 2.00 bits per heavy atom. The van der Waals surface area contributed by atoms with E-state index in [4.69, 9.17) is 0 Å². The van der Waals surface area contributed by atoms with Crippen LogP contribution in [0.1, 0.15) is 37.8 Å². The first-order valence-electron chi connectivity index (χ1n) is 13.5. The minimum absolute atomic E-state index is 0.0104. The first kappa shape index (κ1) is 31.7. The average molecular weight is 586 g/mol. The Kier molecular flexibility index (Phi) is 11.4. The largest absolute Gasteiger partial charge is 0.354 e. The van der Waals surface area contributed by atoms with Gasteiger partial charge in [-0.3, -0.25) is 13.9 Å². The summed E-state index contributed by atoms with van der Waals surface area (Å²) in [5.41, 5.74) is 1.81. The molecule has 3 aromatic carbocycles. The molecule has 3 aromatic rings. The summed E-state index contributed by atoms with van der Waals surface area (Å²) in [5, 5.41) is 2.94. The van der Waals surface area contributed by atoms with Gasteiger partial charge in [-0.2, -0.15) is 0 Å². The van der Waals surface area contributed by atoms with Gasteiger partial charge in [0.1, 0.15) is 17.7 Å². The minimum Gasteiger partial charge on any atom is -0.354 e. The molecule has 0 saturated heterocycles. The second-order valence-corrected chi connectivity index (χ2v) is 12.3. The van der Waals surface area contributed by atoms with Gasteiger partial charge in [0.25, 0.3) is 0 Å². The van der Waals surface area contributed by atoms with E-state index in [0.29, 0.717) is 17.8 Å². The van der Waals surface area contributed by atoms with Gasteiger partial charge in [-0.1, -0.05) is 56.3 Å². The van der Waals surface area contributed by atoms with E-state index in [2.05, 4.69) is 5.32 Å². The highest BCUT2D eigenvalue weighted by molar-refractivity contribution is 7.92. The molecule has 0 aromatic heterocycles. The maximum absolute atomic E-state index is 13.8. The number of sulfonamides is 1. The first-order valence-corrected chi connectivity index (χ1v) is 15.4. The number of carbonyl (C=O) groups is 2. The molecule has 0 aliphatic heterocycles. The van der Waals surface area contributed by atoms with Crippen molar-refractivity contribution in [2.75, 3.05) is 23.7 Å². The molecule has 41 heavy (non-hydrogen) atoms. The zero-order chi connectivity index (χ0) is 30.0. The molecule has 10 heteroatoms. The van der Waals surface area contributed by atoms with Crippen molar-refractivity contribution < 1.29 is 26.8 Å². The highest BCUT2D eigenvalue weighted by Crippen LogP contribution is 2.21. The van der Waals surface area contributed by atoms with E-state index < -0.39 is 27.7 Å². The van der Waals surface area contributed by atoms with E-state index >= 15 is 0 Å². The van der Waals surface area contributed by atoms with Crippen LogP contribution in [0.5, 0.6) is 0 Å². The van der Waals surface area contributed by atoms with Crippen molar-refractivity contribution >= 4 is 27.5 Å². The van der Waals surface area contributed by atoms with Crippen molar-refractivity contribution in [1.82, 2.24) is 10.2 Å². The quantitative estimate of drug-likeness (QED) is 0.291. The summed E-state index contributed by atoms with van der Waals surface area (Å²) in [7, 11) is -3.70. The third kappa shape index (κ3) is 9.97. The van der Waals surface area contributed by atoms with Gasteiger partial charge in [-0.05, 0) is 59.9 Å². The summed E-state index contributed by atoms with van der Waals surface area (Å²) in [5.74, 6) is -1.35. The number of carbonyl (C=O) groups excluding carboxylic acids is 2. The molecule has 0 aliphatic carbocycles. The molecule has 1 atom stereocenters. The summed E-state index contributed by atoms with van der Waals surface area (Å²) in [4.78, 5) is 28.7. The highest BCUT2D eigenvalue weighted by atomic mass is 32.2. The standard InChI is InChI=1S/C31H37F2N3O4S/c1-23(2)21-34-31(38)29(20-24-8-5-4-6-9-24)35(22-25-11-13-26(32)14-12-25)30(37)10-7-19-36(41(3,39)40)28-17-15-27(33)16-18-28/h4-6,8-9,11-18,23,29H,7,10,19-22H2,1-3H3,(H,34,38)/t29-/m0/s1. The zero-order valence-corrected chi connectivity index (χ0v) is 24.4. The van der Waals surface area contributed by atoms with Crippen LogP contribution in [0.4, 0.5) is 14.5 Å². The van der Waals surface area contributed by atoms with E-state index in [1.807, 2.05) is 44.2 Å². The number of benzene rings is 3. The molecule has 220 valence electrons. The fraction of sp³-hybridized carbons (Fsp3) is 0.355. The lowest BCUT2D eigenvalue weighted by Crippen LogP contribution is -2.51. The van der Waals surface area contributed by atoms with Crippen molar-refractivity contribution in [2.24, 2.45) is 5.92 Å². The van der Waals surface area contributed by atoms with Crippen LogP contribution in [0.25, 0.3) is 0 Å². The number of hydrogen-bond acceptors (Lipinski definition) is 4. The van der Waals surface area contributed by atoms with E-state index in [0.717, 1.165) is 16.1 Å². The summed E-state index contributed by atoms with van der Waals surface area (Å²) < 4.78 is 53.1. The van der Waals surface area contributed by atoms with Crippen LogP contribution in [0, 0.1) is 17.6 Å². The number of hydrogen-bond donors (Lipinski definition) is 1. The van der Waals surface area contributed by atoms with Crippen molar-refractivity contribution in [3.05, 3.63) is 102 Å². The summed E-state index contributed by atoms with van der Waals surface area (Å²) >= 11 is 0. The predicted octanol–water partition coefficient (Wildman–Crippen LogP) is 4.92. The predicted molar refractivity (Wildman–Crippen MR) is 157 cm³/mol. The van der Waals surface area contributed by atoms with E-state index in [1.165, 1.54) is 41.3 Å². The molecule has 1 N–H and O–H groups in total. The van der Waals surface area contributed by atoms with Gasteiger partial charge < -0.3 is 10.2 Å². The maximum atomic E-state index is 13.8. The molecule has 7 nitrogen and oxygen atoms in total. The summed E-state index contributed by atoms with van der Waals surface area (Å²) in [6.45, 7) is 4.44. The molecule has 0 unspecified atom stereocenters. The Balaban J connectivity index is 1.87. The van der Waals surface area contributed by atoms with Crippen LogP contribution in [-0.2, 0) is 32.6 Å². The lowest BCUT2D eigenvalue weighted by Gasteiger charge is -2.32. The van der Waals surface area contributed by atoms with Crippen molar-refractivity contribution in [2.45, 2.75) is 45.7 Å². The number of rotatable bonds is 14. The maximum Gasteiger partial charge on any atom is 0.243 e. The number of anilines is 1. The topological polar surface area (TPSA) is 86.8 Å². The molecule has 0 saturated carbocycles. The third-order valence-corrected chi connectivity index (χ3v) is 7.68. The second-order valence-electron chi connectivity index (χ2n) is 10.4. The Labute approximate surface area is 241 Å². The lowest BCUT2D eigenvalue weighted by molar-refractivity contribution is -0.141. The van der Waals surface area contributed by atoms with Crippen LogP contribution in [0.3, 0.4) is 0 Å². The molecular formula is C31H37F2N3O4S. The highest BCUT2D eigenvalue weighted by Gasteiger charge is 2.30. The molecule has 0 radical (unpaired) electrons. The van der Waals surface area contributed by atoms with Gasteiger partial charge in [0.15, 0.2) is 0 Å². The molecule has 0 heterocycles. The third-order valence-electron chi connectivity index (χ3n) is 6.49. The fourth-order valence-electron chi connectivity index (χ4n) is 4.37. The number of halogens is 2. The molecule has 0 bridgehead atoms. The van der Waals surface area contributed by atoms with E-state index in [9.17, 15) is 26.8 Å². The van der Waals surface area contributed by atoms with Crippen LogP contribution in [0.15, 0.2) is 78.9 Å². The Hall–Kier alpha value is -3.79. The zero-order valence-electron chi connectivity index (χ0n) is 23.6. The van der Waals surface area contributed by atoms with E-state index in [-0.39, 0.29) is 50.1 Å². The smallest absolute Gasteiger partial charge is 0.243 e. The van der Waals surface area contributed by atoms with Crippen LogP contribution in [0.2, 0.25) is 0 Å². The van der Waals surface area contributed by atoms with Crippen molar-refractivity contribution in [1.29, 1.82) is 0 Å². The molecule has 3 rings (SSSR count). The van der Waals surface area contributed by atoms with Crippen molar-refractivity contribution in [3.63, 3.8) is 0 Å². The van der Waals surface area contributed by atoms with Gasteiger partial charge >= 0.3 is 0 Å². The van der Waals surface area contributed by atoms with Crippen LogP contribution in [-0.4, -0.2) is 50.5 Å². The van der Waals surface area contributed by atoms with Gasteiger partial charge in [-0.25, -0.2) is 17.2 Å². The Morgan fingerprint density at radius 2 is 1.44 bits per heavy atom. The lowest BCUT2D eigenvalue weighted by atomic mass is 10.0. The van der Waals surface area contributed by atoms with Gasteiger partial charge in [0.05, 0.1) is 11.9 Å². The van der Waals surface area contributed by atoms with Gasteiger partial charge in [-0.15, -0.1) is 0 Å². The molecule has 0 aliphatic rings. The SMILES string of the molecule is CC(C)CNC(=O)[C@H](Cc1ccccc1)N(Cc1ccc(F)cc1)C(=O)CCCN(c1ccc(F)cc1)S(C)(=O)=O. The molecular weight excluding hydrogens is 548 g/mol. The van der Waals surface area contributed by atoms with Crippen molar-refractivity contribution in [3.8, 4) is 0 Å². The monoisotopic (exact) mass is 585 g/mol. The first-order chi connectivity index (χ1) is 19.4. The minimum atomic E-state index is -3.70. The Bertz CT molecular complexity index is 1380. The van der Waals surface area contributed by atoms with Crippen LogP contribution >= 0.6 is 0 Å². The number of nitrogens with one attached hydrogen (secondary N) is 1. The Morgan fingerprint density at radius 1 is 0.854 bits per heavy atom. The van der Waals surface area contributed by atoms with Crippen LogP contribution < -0.4 is 9.62 Å². The molecule has 0 fully saturated rings. The molecule has 0 spiro atoms. The molecule has 2 amide bonds. The normalized spacial score (nSPS) is 12.1. The fourth-order valence-corrected chi connectivity index (χ4v) is 5.34. The number of amides is 2. The van der Waals surface area contributed by atoms with Gasteiger partial charge in [0.2, 0.25) is 21.8 Å². The summed E-state index contributed by atoms with van der Waals surface area (Å²) in [6, 6.07) is 19.3. The summed E-state index contributed by atoms with van der Waals surface area (Å²) in [6.07, 6.45) is 1.43. The average Bonchev–Trinajstić information content (AvgIpc) is 2.93.